The average molecular weight is 433 g/mol. The average Bonchev–Trinajstić information content (AvgIpc) is 3.30. The number of benzene rings is 1. The summed E-state index contributed by atoms with van der Waals surface area (Å²) in [6.45, 7) is 8.64. The molecule has 1 saturated carbocycles. The van der Waals surface area contributed by atoms with E-state index in [1.807, 2.05) is 20.8 Å². The van der Waals surface area contributed by atoms with E-state index in [0.29, 0.717) is 36.2 Å². The van der Waals surface area contributed by atoms with Gasteiger partial charge >= 0.3 is 6.09 Å². The Labute approximate surface area is 181 Å². The molecular formula is C23H30F2N4O2. The number of ether oxygens (including phenoxy) is 1. The minimum absolute atomic E-state index is 0.0515. The van der Waals surface area contributed by atoms with Crippen molar-refractivity contribution in [1.29, 1.82) is 0 Å². The first-order valence-corrected chi connectivity index (χ1v) is 10.7. The van der Waals surface area contributed by atoms with Crippen molar-refractivity contribution in [3.63, 3.8) is 0 Å². The molecule has 1 saturated heterocycles. The molecule has 1 aromatic heterocycles. The number of anilines is 1. The summed E-state index contributed by atoms with van der Waals surface area (Å²) in [5.74, 6) is -1.05. The number of aromatic nitrogens is 2. The normalized spacial score (nSPS) is 23.2. The van der Waals surface area contributed by atoms with E-state index in [9.17, 15) is 13.6 Å². The summed E-state index contributed by atoms with van der Waals surface area (Å²) in [6.07, 6.45) is 3.04. The van der Waals surface area contributed by atoms with E-state index in [1.54, 1.807) is 41.9 Å². The van der Waals surface area contributed by atoms with Crippen molar-refractivity contribution in [1.82, 2.24) is 14.7 Å². The molecule has 2 aliphatic rings. The number of nitrogens with zero attached hydrogens (tertiary/aromatic N) is 3. The Morgan fingerprint density at radius 1 is 1.13 bits per heavy atom. The summed E-state index contributed by atoms with van der Waals surface area (Å²) in [5.41, 5.74) is 1.12. The third-order valence-electron chi connectivity index (χ3n) is 6.15. The number of nitrogens with one attached hydrogen (secondary N) is 1. The molecule has 0 spiro atoms. The predicted octanol–water partition coefficient (Wildman–Crippen LogP) is 4.73. The minimum Gasteiger partial charge on any atom is -0.444 e. The van der Waals surface area contributed by atoms with Crippen LogP contribution in [0.4, 0.5) is 19.3 Å². The highest BCUT2D eigenvalue weighted by Crippen LogP contribution is 2.40. The highest BCUT2D eigenvalue weighted by Gasteiger charge is 2.43. The van der Waals surface area contributed by atoms with Crippen molar-refractivity contribution in [2.75, 3.05) is 18.4 Å². The fourth-order valence-electron chi connectivity index (χ4n) is 4.85. The summed E-state index contributed by atoms with van der Waals surface area (Å²) in [4.78, 5) is 14.1. The lowest BCUT2D eigenvalue weighted by Gasteiger charge is -2.25. The molecule has 1 aromatic carbocycles. The van der Waals surface area contributed by atoms with E-state index in [-0.39, 0.29) is 23.4 Å². The van der Waals surface area contributed by atoms with Gasteiger partial charge in [0.05, 0.1) is 11.4 Å². The number of carbonyl (C=O) groups excluding carboxylic acids is 1. The second kappa shape index (κ2) is 7.80. The highest BCUT2D eigenvalue weighted by atomic mass is 19.2. The quantitative estimate of drug-likeness (QED) is 0.762. The van der Waals surface area contributed by atoms with Crippen LogP contribution in [-0.2, 0) is 11.8 Å². The van der Waals surface area contributed by atoms with Crippen LogP contribution in [0.3, 0.4) is 0 Å². The van der Waals surface area contributed by atoms with E-state index in [1.165, 1.54) is 0 Å². The van der Waals surface area contributed by atoms with Crippen molar-refractivity contribution in [2.45, 2.75) is 52.2 Å². The minimum atomic E-state index is -0.867. The molecule has 0 radical (unpaired) electrons. The topological polar surface area (TPSA) is 59.4 Å². The lowest BCUT2D eigenvalue weighted by atomic mass is 10.0. The van der Waals surface area contributed by atoms with Crippen LogP contribution in [0.15, 0.2) is 18.3 Å². The van der Waals surface area contributed by atoms with E-state index < -0.39 is 17.2 Å². The summed E-state index contributed by atoms with van der Waals surface area (Å²) >= 11 is 0. The number of hydrogen-bond donors (Lipinski definition) is 1. The van der Waals surface area contributed by atoms with Gasteiger partial charge < -0.3 is 15.0 Å². The maximum Gasteiger partial charge on any atom is 0.410 e. The number of rotatable bonds is 3. The van der Waals surface area contributed by atoms with Crippen molar-refractivity contribution >= 4 is 11.8 Å². The van der Waals surface area contributed by atoms with Crippen LogP contribution in [0.1, 0.15) is 39.3 Å². The van der Waals surface area contributed by atoms with E-state index in [2.05, 4.69) is 10.4 Å². The van der Waals surface area contributed by atoms with E-state index in [4.69, 9.17) is 4.74 Å². The number of fused-ring (bicyclic) bond motifs is 1. The zero-order chi connectivity index (χ0) is 22.5. The van der Waals surface area contributed by atoms with Crippen molar-refractivity contribution in [3.8, 4) is 11.1 Å². The van der Waals surface area contributed by atoms with Crippen LogP contribution in [0.5, 0.6) is 0 Å². The number of halogens is 2. The summed E-state index contributed by atoms with van der Waals surface area (Å²) in [6, 6.07) is 3.25. The maximum absolute atomic E-state index is 14.8. The molecule has 2 fully saturated rings. The van der Waals surface area contributed by atoms with Crippen LogP contribution in [0.25, 0.3) is 11.1 Å². The molecule has 1 aliphatic carbocycles. The third-order valence-corrected chi connectivity index (χ3v) is 6.15. The molecule has 1 unspecified atom stereocenters. The Morgan fingerprint density at radius 2 is 1.77 bits per heavy atom. The number of hydrogen-bond acceptors (Lipinski definition) is 4. The number of amides is 1. The largest absolute Gasteiger partial charge is 0.444 e. The van der Waals surface area contributed by atoms with Gasteiger partial charge in [0, 0.05) is 43.5 Å². The molecule has 0 bridgehead atoms. The van der Waals surface area contributed by atoms with Gasteiger partial charge in [-0.05, 0) is 64.5 Å². The van der Waals surface area contributed by atoms with Gasteiger partial charge in [-0.15, -0.1) is 0 Å². The fourth-order valence-corrected chi connectivity index (χ4v) is 4.85. The molecule has 2 aromatic rings. The van der Waals surface area contributed by atoms with Crippen LogP contribution in [-0.4, -0.2) is 45.5 Å². The lowest BCUT2D eigenvalue weighted by Crippen LogP contribution is -2.36. The maximum atomic E-state index is 14.8. The summed E-state index contributed by atoms with van der Waals surface area (Å²) < 4.78 is 36.7. The van der Waals surface area contributed by atoms with Crippen molar-refractivity contribution < 1.29 is 18.3 Å². The molecule has 1 N–H and O–H groups in total. The fraction of sp³-hybridized carbons (Fsp3) is 0.565. The Hall–Kier alpha value is -2.64. The van der Waals surface area contributed by atoms with Crippen molar-refractivity contribution in [3.05, 3.63) is 35.7 Å². The molecular weight excluding hydrogens is 402 g/mol. The number of likely N-dealkylation sites (tertiary alicyclic amines) is 1. The Morgan fingerprint density at radius 3 is 2.32 bits per heavy atom. The lowest BCUT2D eigenvalue weighted by molar-refractivity contribution is 0.0280. The Balaban J connectivity index is 1.40. The standard InChI is InChI=1S/C23H30F2N4O2/c1-13-18(12-28(5)27-13)17-6-7-19(21(25)20(17)24)26-16-8-14-10-29(11-15(14)9-16)22(30)31-23(2,3)4/h6-7,12,14-16,26H,8-11H2,1-5H3/t14-,15?,16-/m1/s1. The summed E-state index contributed by atoms with van der Waals surface area (Å²) in [5, 5.41) is 7.40. The van der Waals surface area contributed by atoms with Gasteiger partial charge in [0.1, 0.15) is 5.60 Å². The van der Waals surface area contributed by atoms with E-state index >= 15 is 0 Å². The van der Waals surface area contributed by atoms with Gasteiger partial charge in [0.2, 0.25) is 0 Å². The third kappa shape index (κ3) is 4.38. The van der Waals surface area contributed by atoms with Gasteiger partial charge in [-0.1, -0.05) is 0 Å². The number of carbonyl (C=O) groups is 1. The monoisotopic (exact) mass is 432 g/mol. The molecule has 31 heavy (non-hydrogen) atoms. The second-order valence-corrected chi connectivity index (χ2v) is 9.81. The molecule has 168 valence electrons. The van der Waals surface area contributed by atoms with Gasteiger partial charge in [0.15, 0.2) is 11.6 Å². The molecule has 3 atom stereocenters. The molecule has 1 aliphatic heterocycles. The van der Waals surface area contributed by atoms with Gasteiger partial charge in [-0.3, -0.25) is 4.68 Å². The molecule has 8 heteroatoms. The van der Waals surface area contributed by atoms with Crippen molar-refractivity contribution in [2.24, 2.45) is 18.9 Å². The summed E-state index contributed by atoms with van der Waals surface area (Å²) in [7, 11) is 1.75. The second-order valence-electron chi connectivity index (χ2n) is 9.81. The van der Waals surface area contributed by atoms with Crippen LogP contribution < -0.4 is 5.32 Å². The zero-order valence-corrected chi connectivity index (χ0v) is 18.7. The Bertz CT molecular complexity index is 984. The van der Waals surface area contributed by atoms with Crippen LogP contribution in [0, 0.1) is 30.4 Å². The molecule has 6 nitrogen and oxygen atoms in total. The van der Waals surface area contributed by atoms with Gasteiger partial charge in [0.25, 0.3) is 0 Å². The first-order valence-electron chi connectivity index (χ1n) is 10.7. The predicted molar refractivity (Wildman–Crippen MR) is 115 cm³/mol. The molecule has 4 rings (SSSR count). The van der Waals surface area contributed by atoms with Gasteiger partial charge in [-0.25, -0.2) is 13.6 Å². The number of aryl methyl sites for hydroxylation is 2. The van der Waals surface area contributed by atoms with Crippen LogP contribution in [0.2, 0.25) is 0 Å². The first-order chi connectivity index (χ1) is 14.5. The molecule has 1 amide bonds. The first kappa shape index (κ1) is 21.6. The smallest absolute Gasteiger partial charge is 0.410 e. The van der Waals surface area contributed by atoms with E-state index in [0.717, 1.165) is 12.8 Å². The van der Waals surface area contributed by atoms with Crippen LogP contribution >= 0.6 is 0 Å². The SMILES string of the molecule is Cc1nn(C)cc1-c1ccc(N[C@H]2CC3CN(C(=O)OC(C)(C)C)C[C@H]3C2)c(F)c1F. The zero-order valence-electron chi connectivity index (χ0n) is 18.7. The Kier molecular flexibility index (Phi) is 5.43. The molecule has 2 heterocycles. The highest BCUT2D eigenvalue weighted by molar-refractivity contribution is 5.69. The van der Waals surface area contributed by atoms with Gasteiger partial charge in [-0.2, -0.15) is 5.10 Å².